The van der Waals surface area contributed by atoms with Gasteiger partial charge in [-0.25, -0.2) is 4.68 Å². The molecule has 0 aliphatic heterocycles. The number of carbonyl (C=O) groups excluding carboxylic acids is 1. The van der Waals surface area contributed by atoms with Gasteiger partial charge < -0.3 is 16.2 Å². The van der Waals surface area contributed by atoms with Crippen LogP contribution >= 0.6 is 0 Å². The maximum absolute atomic E-state index is 11.0. The second-order valence-electron chi connectivity index (χ2n) is 4.83. The van der Waals surface area contributed by atoms with E-state index in [0.29, 0.717) is 29.9 Å². The zero-order chi connectivity index (χ0) is 14.1. The monoisotopic (exact) mass is 273 g/mol. The molecule has 7 heteroatoms. The fourth-order valence-corrected chi connectivity index (χ4v) is 1.75. The van der Waals surface area contributed by atoms with Crippen LogP contribution in [0.3, 0.4) is 0 Å². The number of nitrogens with two attached hydrogens (primary N) is 2. The van der Waals surface area contributed by atoms with E-state index in [0.717, 1.165) is 0 Å². The van der Waals surface area contributed by atoms with E-state index in [1.807, 2.05) is 0 Å². The molecule has 1 amide bonds. The zero-order valence-electron chi connectivity index (χ0n) is 10.8. The number of amides is 1. The van der Waals surface area contributed by atoms with Crippen molar-refractivity contribution in [3.05, 3.63) is 30.1 Å². The van der Waals surface area contributed by atoms with Crippen molar-refractivity contribution in [2.45, 2.75) is 12.8 Å². The first-order valence-corrected chi connectivity index (χ1v) is 6.38. The van der Waals surface area contributed by atoms with Crippen molar-refractivity contribution in [1.29, 1.82) is 0 Å². The average molecular weight is 273 g/mol. The number of carbonyl (C=O) groups is 1. The van der Waals surface area contributed by atoms with Crippen LogP contribution in [0.25, 0.3) is 5.82 Å². The molecule has 2 aromatic rings. The fraction of sp³-hybridized carbons (Fsp3) is 0.308. The normalized spacial score (nSPS) is 14.2. The van der Waals surface area contributed by atoms with Crippen LogP contribution in [-0.4, -0.2) is 27.3 Å². The van der Waals surface area contributed by atoms with Crippen molar-refractivity contribution >= 4 is 11.6 Å². The Labute approximate surface area is 115 Å². The molecular weight excluding hydrogens is 258 g/mol. The average Bonchev–Trinajstić information content (AvgIpc) is 3.12. The van der Waals surface area contributed by atoms with Crippen LogP contribution in [0.1, 0.15) is 23.3 Å². The lowest BCUT2D eigenvalue weighted by Gasteiger charge is -2.09. The molecule has 0 spiro atoms. The number of anilines is 1. The molecule has 20 heavy (non-hydrogen) atoms. The molecule has 0 saturated heterocycles. The van der Waals surface area contributed by atoms with E-state index in [4.69, 9.17) is 16.2 Å². The molecule has 7 nitrogen and oxygen atoms in total. The molecule has 104 valence electrons. The highest BCUT2D eigenvalue weighted by Crippen LogP contribution is 2.30. The highest BCUT2D eigenvalue weighted by Gasteiger charge is 2.22. The Hall–Kier alpha value is -2.57. The number of aromatic nitrogens is 3. The second-order valence-corrected chi connectivity index (χ2v) is 4.83. The molecular formula is C13H15N5O2. The van der Waals surface area contributed by atoms with Crippen LogP contribution in [0.15, 0.2) is 24.4 Å². The van der Waals surface area contributed by atoms with Crippen LogP contribution in [0.4, 0.5) is 5.69 Å². The summed E-state index contributed by atoms with van der Waals surface area (Å²) in [6, 6.07) is 4.94. The summed E-state index contributed by atoms with van der Waals surface area (Å²) in [5.41, 5.74) is 11.7. The zero-order valence-corrected chi connectivity index (χ0v) is 10.8. The van der Waals surface area contributed by atoms with Gasteiger partial charge in [-0.2, -0.15) is 10.1 Å². The number of pyridine rings is 1. The molecule has 3 rings (SSSR count). The molecule has 2 aromatic heterocycles. The predicted octanol–water partition coefficient (Wildman–Crippen LogP) is 0.737. The number of primary amides is 1. The molecule has 0 atom stereocenters. The number of hydrogen-bond donors (Lipinski definition) is 2. The Morgan fingerprint density at radius 1 is 1.40 bits per heavy atom. The van der Waals surface area contributed by atoms with Crippen molar-refractivity contribution in [3.8, 4) is 11.7 Å². The number of nitrogen functional groups attached to an aromatic ring is 1. The molecule has 0 unspecified atom stereocenters. The number of ether oxygens (including phenoxy) is 1. The Morgan fingerprint density at radius 2 is 2.20 bits per heavy atom. The van der Waals surface area contributed by atoms with Crippen LogP contribution in [0, 0.1) is 5.92 Å². The van der Waals surface area contributed by atoms with Crippen molar-refractivity contribution in [2.24, 2.45) is 11.7 Å². The quantitative estimate of drug-likeness (QED) is 0.835. The molecule has 0 radical (unpaired) electrons. The van der Waals surface area contributed by atoms with E-state index in [1.165, 1.54) is 23.6 Å². The summed E-state index contributed by atoms with van der Waals surface area (Å²) in [6.07, 6.45) is 4.00. The van der Waals surface area contributed by atoms with Gasteiger partial charge in [-0.05, 0) is 37.0 Å². The molecule has 1 fully saturated rings. The Balaban J connectivity index is 1.84. The van der Waals surface area contributed by atoms with Gasteiger partial charge in [0.15, 0.2) is 5.82 Å². The lowest BCUT2D eigenvalue weighted by atomic mass is 10.4. The lowest BCUT2D eigenvalue weighted by molar-refractivity contribution is 0.0995. The van der Waals surface area contributed by atoms with Gasteiger partial charge in [0.05, 0.1) is 12.3 Å². The number of hydrogen-bond acceptors (Lipinski definition) is 5. The first-order chi connectivity index (χ1) is 9.63. The minimum atomic E-state index is -0.579. The van der Waals surface area contributed by atoms with Gasteiger partial charge in [0.2, 0.25) is 5.88 Å². The standard InChI is InChI=1S/C13H15N5O2/c14-9-3-4-11(16-13(9)20-7-8-1-2-8)18-6-5-10(17-18)12(15)19/h3-6,8H,1-2,7,14H2,(H2,15,19). The first kappa shape index (κ1) is 12.5. The lowest BCUT2D eigenvalue weighted by Crippen LogP contribution is -2.12. The van der Waals surface area contributed by atoms with E-state index < -0.39 is 5.91 Å². The largest absolute Gasteiger partial charge is 0.476 e. The van der Waals surface area contributed by atoms with E-state index in [-0.39, 0.29) is 5.69 Å². The Kier molecular flexibility index (Phi) is 3.02. The van der Waals surface area contributed by atoms with Gasteiger partial charge in [-0.15, -0.1) is 0 Å². The highest BCUT2D eigenvalue weighted by molar-refractivity contribution is 5.90. The number of rotatable bonds is 5. The van der Waals surface area contributed by atoms with Gasteiger partial charge in [0, 0.05) is 6.20 Å². The summed E-state index contributed by atoms with van der Waals surface area (Å²) in [7, 11) is 0. The molecule has 1 saturated carbocycles. The van der Waals surface area contributed by atoms with Gasteiger partial charge in [0.25, 0.3) is 5.91 Å². The molecule has 1 aliphatic rings. The van der Waals surface area contributed by atoms with Crippen molar-refractivity contribution in [2.75, 3.05) is 12.3 Å². The summed E-state index contributed by atoms with van der Waals surface area (Å²) >= 11 is 0. The minimum absolute atomic E-state index is 0.184. The van der Waals surface area contributed by atoms with E-state index in [2.05, 4.69) is 10.1 Å². The Morgan fingerprint density at radius 3 is 2.85 bits per heavy atom. The van der Waals surface area contributed by atoms with E-state index >= 15 is 0 Å². The summed E-state index contributed by atoms with van der Waals surface area (Å²) < 4.78 is 7.07. The van der Waals surface area contributed by atoms with Gasteiger partial charge in [-0.3, -0.25) is 4.79 Å². The maximum Gasteiger partial charge on any atom is 0.269 e. The molecule has 1 aliphatic carbocycles. The molecule has 0 bridgehead atoms. The minimum Gasteiger partial charge on any atom is -0.476 e. The first-order valence-electron chi connectivity index (χ1n) is 6.38. The van der Waals surface area contributed by atoms with Crippen molar-refractivity contribution < 1.29 is 9.53 Å². The summed E-state index contributed by atoms with van der Waals surface area (Å²) in [6.45, 7) is 0.631. The van der Waals surface area contributed by atoms with Crippen molar-refractivity contribution in [3.63, 3.8) is 0 Å². The third-order valence-electron chi connectivity index (χ3n) is 3.10. The molecule has 4 N–H and O–H groups in total. The smallest absolute Gasteiger partial charge is 0.269 e. The Bertz CT molecular complexity index is 648. The fourth-order valence-electron chi connectivity index (χ4n) is 1.75. The summed E-state index contributed by atoms with van der Waals surface area (Å²) in [4.78, 5) is 15.3. The second kappa shape index (κ2) is 4.84. The number of nitrogens with zero attached hydrogens (tertiary/aromatic N) is 3. The topological polar surface area (TPSA) is 109 Å². The van der Waals surface area contributed by atoms with Gasteiger partial charge in [-0.1, -0.05) is 0 Å². The molecule has 0 aromatic carbocycles. The highest BCUT2D eigenvalue weighted by atomic mass is 16.5. The van der Waals surface area contributed by atoms with Crippen LogP contribution in [0.5, 0.6) is 5.88 Å². The predicted molar refractivity (Wildman–Crippen MR) is 72.5 cm³/mol. The van der Waals surface area contributed by atoms with E-state index in [1.54, 1.807) is 18.3 Å². The van der Waals surface area contributed by atoms with Crippen LogP contribution in [-0.2, 0) is 0 Å². The summed E-state index contributed by atoms with van der Waals surface area (Å²) in [5, 5.41) is 4.04. The summed E-state index contributed by atoms with van der Waals surface area (Å²) in [5.74, 6) is 0.957. The van der Waals surface area contributed by atoms with E-state index in [9.17, 15) is 4.79 Å². The van der Waals surface area contributed by atoms with Crippen LogP contribution < -0.4 is 16.2 Å². The third kappa shape index (κ3) is 2.56. The molecule has 2 heterocycles. The third-order valence-corrected chi connectivity index (χ3v) is 3.10. The SMILES string of the molecule is NC(=O)c1ccn(-c2ccc(N)c(OCC3CC3)n2)n1. The maximum atomic E-state index is 11.0. The van der Waals surface area contributed by atoms with Gasteiger partial charge in [0.1, 0.15) is 5.69 Å². The van der Waals surface area contributed by atoms with Gasteiger partial charge >= 0.3 is 0 Å². The van der Waals surface area contributed by atoms with Crippen molar-refractivity contribution in [1.82, 2.24) is 14.8 Å². The van der Waals surface area contributed by atoms with Crippen LogP contribution in [0.2, 0.25) is 0 Å².